The van der Waals surface area contributed by atoms with Crippen LogP contribution in [-0.4, -0.2) is 99.8 Å². The molecule has 0 bridgehead atoms. The zero-order valence-corrected chi connectivity index (χ0v) is 26.3. The van der Waals surface area contributed by atoms with Crippen molar-refractivity contribution in [1.82, 2.24) is 26.2 Å². The third-order valence-electron chi connectivity index (χ3n) is 7.66. The number of nitrogens with zero attached hydrogens (tertiary/aromatic N) is 1. The highest BCUT2D eigenvalue weighted by Gasteiger charge is 2.41. The number of amides is 6. The van der Waals surface area contributed by atoms with E-state index in [4.69, 9.17) is 11.5 Å². The summed E-state index contributed by atoms with van der Waals surface area (Å²) in [4.78, 5) is 89.7. The molecule has 1 heterocycles. The van der Waals surface area contributed by atoms with E-state index in [1.807, 2.05) is 0 Å². The van der Waals surface area contributed by atoms with Gasteiger partial charge in [-0.3, -0.25) is 33.7 Å². The van der Waals surface area contributed by atoms with E-state index in [1.165, 1.54) is 31.2 Å². The molecule has 1 aliphatic heterocycles. The van der Waals surface area contributed by atoms with Gasteiger partial charge >= 0.3 is 5.97 Å². The van der Waals surface area contributed by atoms with E-state index in [0.29, 0.717) is 36.3 Å². The largest absolute Gasteiger partial charge is 0.508 e. The number of carboxylic acid groups (broad SMARTS) is 1. The number of aliphatic carboxylic acids is 1. The summed E-state index contributed by atoms with van der Waals surface area (Å²) in [6, 6.07) is 0.0533. The first-order chi connectivity index (χ1) is 21.7. The Bertz CT molecular complexity index is 1270. The number of benzene rings is 1. The smallest absolute Gasteiger partial charge is 0.326 e. The number of nitrogens with two attached hydrogens (primary N) is 2. The number of unbranched alkanes of at least 4 members (excludes halogenated alkanes) is 1. The number of hydrogen-bond acceptors (Lipinski definition) is 10. The molecule has 16 nitrogen and oxygen atoms in total. The van der Waals surface area contributed by atoms with Gasteiger partial charge in [-0.15, -0.1) is 0 Å². The van der Waals surface area contributed by atoms with Gasteiger partial charge < -0.3 is 42.9 Å². The van der Waals surface area contributed by atoms with Gasteiger partial charge in [0.1, 0.15) is 36.5 Å². The van der Waals surface area contributed by atoms with Crippen LogP contribution in [0.2, 0.25) is 0 Å². The van der Waals surface area contributed by atoms with E-state index in [2.05, 4.69) is 21.3 Å². The highest BCUT2D eigenvalue weighted by atomic mass is 16.4. The predicted octanol–water partition coefficient (Wildman–Crippen LogP) is -1.76. The number of imide groups is 1. The second-order valence-corrected chi connectivity index (χ2v) is 11.4. The molecule has 1 aromatic rings. The molecule has 2 rings (SSSR count). The van der Waals surface area contributed by atoms with Crippen molar-refractivity contribution in [2.75, 3.05) is 13.1 Å². The second-order valence-electron chi connectivity index (χ2n) is 11.4. The Balaban J connectivity index is 2.15. The Morgan fingerprint density at radius 1 is 0.957 bits per heavy atom. The number of nitrogens with one attached hydrogen (secondary N) is 4. The van der Waals surface area contributed by atoms with E-state index in [1.54, 1.807) is 13.8 Å². The lowest BCUT2D eigenvalue weighted by atomic mass is 9.98. The lowest BCUT2D eigenvalue weighted by Crippen LogP contribution is -2.56. The third-order valence-corrected chi connectivity index (χ3v) is 7.66. The minimum Gasteiger partial charge on any atom is -0.508 e. The Kier molecular flexibility index (Phi) is 14.6. The van der Waals surface area contributed by atoms with Crippen LogP contribution in [0.1, 0.15) is 58.4 Å². The first-order valence-electron chi connectivity index (χ1n) is 15.2. The SMILES string of the molecule is CC[C@H](C)[C@H](NC(=O)[C@H](Cc1ccc(O)cc1)NC(=O)CN1C(=O)CC(NC(=O)[C@H](CCCCN)NC(=O)[C@H](C)N)C1=O)C(=O)O. The van der Waals surface area contributed by atoms with E-state index in [-0.39, 0.29) is 18.6 Å². The van der Waals surface area contributed by atoms with Crippen LogP contribution >= 0.6 is 0 Å². The zero-order valence-electron chi connectivity index (χ0n) is 26.3. The van der Waals surface area contributed by atoms with E-state index < -0.39 is 90.5 Å². The fourth-order valence-electron chi connectivity index (χ4n) is 4.70. The molecule has 16 heteroatoms. The molecular formula is C30H45N7O9. The van der Waals surface area contributed by atoms with Crippen LogP contribution in [-0.2, 0) is 40.0 Å². The van der Waals surface area contributed by atoms with Crippen LogP contribution in [0.15, 0.2) is 24.3 Å². The molecule has 1 aliphatic rings. The summed E-state index contributed by atoms with van der Waals surface area (Å²) in [6.07, 6.45) is 1.23. The average Bonchev–Trinajstić information content (AvgIpc) is 3.26. The van der Waals surface area contributed by atoms with Crippen molar-refractivity contribution in [3.63, 3.8) is 0 Å². The quantitative estimate of drug-likeness (QED) is 0.0653. The van der Waals surface area contributed by atoms with Crippen LogP contribution in [0.4, 0.5) is 0 Å². The molecule has 6 atom stereocenters. The summed E-state index contributed by atoms with van der Waals surface area (Å²) >= 11 is 0. The summed E-state index contributed by atoms with van der Waals surface area (Å²) in [5.74, 6) is -6.26. The van der Waals surface area contributed by atoms with Gasteiger partial charge in [0.2, 0.25) is 29.5 Å². The van der Waals surface area contributed by atoms with Gasteiger partial charge in [0, 0.05) is 6.42 Å². The number of likely N-dealkylation sites (tertiary alicyclic amines) is 1. The van der Waals surface area contributed by atoms with Crippen molar-refractivity contribution in [3.05, 3.63) is 29.8 Å². The zero-order chi connectivity index (χ0) is 34.6. The molecule has 0 spiro atoms. The molecule has 6 amide bonds. The molecular weight excluding hydrogens is 602 g/mol. The first kappa shape index (κ1) is 37.6. The summed E-state index contributed by atoms with van der Waals surface area (Å²) in [7, 11) is 0. The topological polar surface area (TPSA) is 263 Å². The monoisotopic (exact) mass is 647 g/mol. The summed E-state index contributed by atoms with van der Waals surface area (Å²) in [6.45, 7) is 4.47. The maximum atomic E-state index is 13.2. The van der Waals surface area contributed by atoms with Gasteiger partial charge in [-0.1, -0.05) is 32.4 Å². The number of phenols is 1. The standard InChI is InChI=1S/C30H45N7O9/c1-4-16(2)25(30(45)46)36-28(43)21(13-18-8-10-19(38)11-9-18)33-23(39)15-37-24(40)14-22(29(37)44)35-27(42)20(7-5-6-12-31)34-26(41)17(3)32/h8-11,16-17,20-22,25,38H,4-7,12-15,31-32H2,1-3H3,(H,33,39)(H,34,41)(H,35,42)(H,36,43)(H,45,46)/t16-,17-,20-,21-,22?,25-/m0/s1. The van der Waals surface area contributed by atoms with Crippen LogP contribution < -0.4 is 32.7 Å². The highest BCUT2D eigenvalue weighted by molar-refractivity contribution is 6.09. The van der Waals surface area contributed by atoms with Crippen molar-refractivity contribution in [2.45, 2.75) is 89.5 Å². The molecule has 0 aliphatic carbocycles. The number of phenolic OH excluding ortho intramolecular Hbond substituents is 1. The van der Waals surface area contributed by atoms with Crippen LogP contribution in [0.5, 0.6) is 5.75 Å². The Labute approximate surface area is 267 Å². The molecule has 0 saturated carbocycles. The van der Waals surface area contributed by atoms with Crippen LogP contribution in [0.3, 0.4) is 0 Å². The molecule has 10 N–H and O–H groups in total. The van der Waals surface area contributed by atoms with Crippen molar-refractivity contribution >= 4 is 41.4 Å². The summed E-state index contributed by atoms with van der Waals surface area (Å²) in [5.41, 5.74) is 11.6. The minimum absolute atomic E-state index is 0.0256. The van der Waals surface area contributed by atoms with Crippen molar-refractivity contribution in [2.24, 2.45) is 17.4 Å². The fourth-order valence-corrected chi connectivity index (χ4v) is 4.70. The Morgan fingerprint density at radius 3 is 2.17 bits per heavy atom. The molecule has 46 heavy (non-hydrogen) atoms. The van der Waals surface area contributed by atoms with Crippen molar-refractivity contribution in [3.8, 4) is 5.75 Å². The van der Waals surface area contributed by atoms with Crippen molar-refractivity contribution < 1.29 is 43.8 Å². The number of aromatic hydroxyl groups is 1. The van der Waals surface area contributed by atoms with Crippen LogP contribution in [0.25, 0.3) is 0 Å². The molecule has 254 valence electrons. The van der Waals surface area contributed by atoms with Gasteiger partial charge in [0.25, 0.3) is 5.91 Å². The van der Waals surface area contributed by atoms with E-state index in [9.17, 15) is 43.8 Å². The molecule has 0 radical (unpaired) electrons. The predicted molar refractivity (Wildman–Crippen MR) is 165 cm³/mol. The summed E-state index contributed by atoms with van der Waals surface area (Å²) in [5, 5.41) is 29.1. The molecule has 1 saturated heterocycles. The second kappa shape index (κ2) is 17.8. The maximum absolute atomic E-state index is 13.2. The fraction of sp³-hybridized carbons (Fsp3) is 0.567. The normalized spacial score (nSPS) is 17.8. The summed E-state index contributed by atoms with van der Waals surface area (Å²) < 4.78 is 0. The van der Waals surface area contributed by atoms with Gasteiger partial charge in [0.05, 0.1) is 12.5 Å². The number of rotatable bonds is 18. The molecule has 1 unspecified atom stereocenters. The Morgan fingerprint density at radius 2 is 1.61 bits per heavy atom. The number of carbonyl (C=O) groups excluding carboxylic acids is 6. The lowest BCUT2D eigenvalue weighted by Gasteiger charge is -2.25. The number of carboxylic acids is 1. The van der Waals surface area contributed by atoms with E-state index >= 15 is 0 Å². The molecule has 0 aromatic heterocycles. The maximum Gasteiger partial charge on any atom is 0.326 e. The lowest BCUT2D eigenvalue weighted by molar-refractivity contribution is -0.145. The van der Waals surface area contributed by atoms with Gasteiger partial charge in [-0.25, -0.2) is 4.79 Å². The molecule has 1 fully saturated rings. The van der Waals surface area contributed by atoms with Gasteiger partial charge in [0.15, 0.2) is 0 Å². The molecule has 1 aromatic carbocycles. The van der Waals surface area contributed by atoms with E-state index in [0.717, 1.165) is 0 Å². The number of hydrogen-bond donors (Lipinski definition) is 8. The third kappa shape index (κ3) is 11.1. The number of carbonyl (C=O) groups is 7. The first-order valence-corrected chi connectivity index (χ1v) is 15.2. The minimum atomic E-state index is -1.30. The highest BCUT2D eigenvalue weighted by Crippen LogP contribution is 2.16. The Hall–Kier alpha value is -4.57. The van der Waals surface area contributed by atoms with Crippen LogP contribution in [0, 0.1) is 5.92 Å². The van der Waals surface area contributed by atoms with Crippen molar-refractivity contribution in [1.29, 1.82) is 0 Å². The van der Waals surface area contributed by atoms with Gasteiger partial charge in [-0.2, -0.15) is 0 Å². The van der Waals surface area contributed by atoms with Gasteiger partial charge in [-0.05, 0) is 56.3 Å². The average molecular weight is 648 g/mol.